The molecule has 218 valence electrons. The average molecular weight is 531 g/mol. The summed E-state index contributed by atoms with van der Waals surface area (Å²) >= 11 is 0. The van der Waals surface area contributed by atoms with Crippen LogP contribution in [0.5, 0.6) is 0 Å². The summed E-state index contributed by atoms with van der Waals surface area (Å²) < 4.78 is 5.77. The maximum atomic E-state index is 12.4. The van der Waals surface area contributed by atoms with Gasteiger partial charge in [-0.1, -0.05) is 114 Å². The standard InChI is InChI=1S/C34H58O4/c1-3-5-7-9-10-11-12-13-14-15-16-17-18-19-20-21-27-31-34(37)38-32(28-24-8-6-4-2)29-25-22-23-26-30-33(35)36/h5,7,10-11,13-14,24,28,32H,3-4,6,8-9,12,15-23,25-27,29-31H2,1-2H3,(H,35,36)/b7-5-,11-10-,14-13-,28-24-. The lowest BCUT2D eigenvalue weighted by Gasteiger charge is -2.15. The van der Waals surface area contributed by atoms with Crippen LogP contribution in [0.3, 0.4) is 0 Å². The highest BCUT2D eigenvalue weighted by atomic mass is 16.5. The van der Waals surface area contributed by atoms with Crippen molar-refractivity contribution < 1.29 is 19.4 Å². The third-order valence-electron chi connectivity index (χ3n) is 6.52. The minimum absolute atomic E-state index is 0.0833. The highest BCUT2D eigenvalue weighted by molar-refractivity contribution is 5.69. The normalized spacial score (nSPS) is 12.9. The van der Waals surface area contributed by atoms with Gasteiger partial charge in [-0.05, 0) is 70.3 Å². The van der Waals surface area contributed by atoms with Crippen LogP contribution < -0.4 is 0 Å². The first kappa shape index (κ1) is 35.9. The zero-order chi connectivity index (χ0) is 27.9. The Balaban J connectivity index is 3.85. The number of rotatable bonds is 27. The van der Waals surface area contributed by atoms with Crippen molar-refractivity contribution in [3.05, 3.63) is 48.6 Å². The van der Waals surface area contributed by atoms with Gasteiger partial charge in [-0.15, -0.1) is 0 Å². The van der Waals surface area contributed by atoms with E-state index < -0.39 is 5.97 Å². The van der Waals surface area contributed by atoms with E-state index in [1.807, 2.05) is 0 Å². The van der Waals surface area contributed by atoms with Gasteiger partial charge in [0.1, 0.15) is 6.10 Å². The minimum atomic E-state index is -0.728. The third kappa shape index (κ3) is 28.5. The summed E-state index contributed by atoms with van der Waals surface area (Å²) in [6.07, 6.45) is 38.6. The number of allylic oxidation sites excluding steroid dienone is 7. The van der Waals surface area contributed by atoms with Crippen LogP contribution in [0.15, 0.2) is 48.6 Å². The fourth-order valence-corrected chi connectivity index (χ4v) is 4.21. The molecule has 1 N–H and O–H groups in total. The lowest BCUT2D eigenvalue weighted by Crippen LogP contribution is -2.16. The fraction of sp³-hybridized carbons (Fsp3) is 0.706. The van der Waals surface area contributed by atoms with Gasteiger partial charge in [0.15, 0.2) is 0 Å². The topological polar surface area (TPSA) is 63.6 Å². The number of ether oxygens (including phenoxy) is 1. The number of carbonyl (C=O) groups is 2. The smallest absolute Gasteiger partial charge is 0.306 e. The summed E-state index contributed by atoms with van der Waals surface area (Å²) in [5.41, 5.74) is 0. The van der Waals surface area contributed by atoms with E-state index in [-0.39, 0.29) is 18.5 Å². The molecule has 0 saturated carbocycles. The molecule has 0 amide bonds. The number of esters is 1. The van der Waals surface area contributed by atoms with E-state index in [1.54, 1.807) is 0 Å². The first-order valence-corrected chi connectivity index (χ1v) is 15.6. The summed E-state index contributed by atoms with van der Waals surface area (Å²) in [5.74, 6) is -0.811. The van der Waals surface area contributed by atoms with Gasteiger partial charge in [-0.3, -0.25) is 9.59 Å². The first-order valence-electron chi connectivity index (χ1n) is 15.6. The Bertz CT molecular complexity index is 659. The van der Waals surface area contributed by atoms with Crippen LogP contribution in [0.4, 0.5) is 0 Å². The van der Waals surface area contributed by atoms with Crippen LogP contribution >= 0.6 is 0 Å². The predicted molar refractivity (Wildman–Crippen MR) is 162 cm³/mol. The van der Waals surface area contributed by atoms with Crippen molar-refractivity contribution in [1.29, 1.82) is 0 Å². The van der Waals surface area contributed by atoms with Crippen molar-refractivity contribution in [2.24, 2.45) is 0 Å². The highest BCUT2D eigenvalue weighted by Crippen LogP contribution is 2.15. The Labute approximate surface area is 234 Å². The van der Waals surface area contributed by atoms with Gasteiger partial charge in [-0.25, -0.2) is 0 Å². The van der Waals surface area contributed by atoms with Crippen molar-refractivity contribution >= 4 is 11.9 Å². The quantitative estimate of drug-likeness (QED) is 0.0651. The molecule has 0 aromatic rings. The second-order valence-electron chi connectivity index (χ2n) is 10.3. The highest BCUT2D eigenvalue weighted by Gasteiger charge is 2.11. The summed E-state index contributed by atoms with van der Waals surface area (Å²) in [7, 11) is 0. The molecular weight excluding hydrogens is 472 g/mol. The van der Waals surface area contributed by atoms with Gasteiger partial charge in [0.25, 0.3) is 0 Å². The van der Waals surface area contributed by atoms with E-state index in [2.05, 4.69) is 62.5 Å². The van der Waals surface area contributed by atoms with Gasteiger partial charge < -0.3 is 9.84 Å². The SMILES string of the molecule is CC/C=C\C/C=C\C/C=C\CCCCCCCCCC(=O)OC(/C=C\CCCC)CCCCCCC(=O)O. The molecule has 0 aliphatic rings. The van der Waals surface area contributed by atoms with Crippen LogP contribution in [-0.2, 0) is 14.3 Å². The number of carbonyl (C=O) groups excluding carboxylic acids is 1. The molecule has 0 spiro atoms. The molecule has 0 heterocycles. The lowest BCUT2D eigenvalue weighted by atomic mass is 10.1. The predicted octanol–water partition coefficient (Wildman–Crippen LogP) is 10.4. The van der Waals surface area contributed by atoms with E-state index in [9.17, 15) is 9.59 Å². The van der Waals surface area contributed by atoms with Crippen molar-refractivity contribution in [2.75, 3.05) is 0 Å². The fourth-order valence-electron chi connectivity index (χ4n) is 4.21. The average Bonchev–Trinajstić information content (AvgIpc) is 2.90. The Kier molecular flexibility index (Phi) is 27.8. The zero-order valence-corrected chi connectivity index (χ0v) is 24.7. The number of hydrogen-bond donors (Lipinski definition) is 1. The summed E-state index contributed by atoms with van der Waals surface area (Å²) in [5, 5.41) is 8.74. The zero-order valence-electron chi connectivity index (χ0n) is 24.7. The van der Waals surface area contributed by atoms with Crippen LogP contribution in [0.1, 0.15) is 149 Å². The van der Waals surface area contributed by atoms with Crippen LogP contribution in [0.2, 0.25) is 0 Å². The molecule has 0 fully saturated rings. The maximum absolute atomic E-state index is 12.4. The monoisotopic (exact) mass is 530 g/mol. The van der Waals surface area contributed by atoms with E-state index in [0.29, 0.717) is 6.42 Å². The Hall–Kier alpha value is -2.10. The summed E-state index contributed by atoms with van der Waals surface area (Å²) in [4.78, 5) is 23.0. The molecule has 1 atom stereocenters. The molecule has 0 bridgehead atoms. The Morgan fingerprint density at radius 3 is 1.84 bits per heavy atom. The van der Waals surface area contributed by atoms with E-state index in [1.165, 1.54) is 38.5 Å². The van der Waals surface area contributed by atoms with Crippen LogP contribution in [0.25, 0.3) is 0 Å². The summed E-state index contributed by atoms with van der Waals surface area (Å²) in [6, 6.07) is 0. The van der Waals surface area contributed by atoms with Gasteiger partial charge in [0.2, 0.25) is 0 Å². The molecule has 4 heteroatoms. The van der Waals surface area contributed by atoms with Crippen molar-refractivity contribution in [2.45, 2.75) is 155 Å². The maximum Gasteiger partial charge on any atom is 0.306 e. The Morgan fingerprint density at radius 1 is 0.632 bits per heavy atom. The van der Waals surface area contributed by atoms with E-state index in [4.69, 9.17) is 9.84 Å². The molecule has 38 heavy (non-hydrogen) atoms. The molecule has 0 radical (unpaired) electrons. The molecule has 0 rings (SSSR count). The van der Waals surface area contributed by atoms with Crippen LogP contribution in [-0.4, -0.2) is 23.1 Å². The van der Waals surface area contributed by atoms with Crippen molar-refractivity contribution in [3.8, 4) is 0 Å². The van der Waals surface area contributed by atoms with E-state index in [0.717, 1.165) is 83.5 Å². The van der Waals surface area contributed by atoms with Crippen molar-refractivity contribution in [3.63, 3.8) is 0 Å². The lowest BCUT2D eigenvalue weighted by molar-refractivity contribution is -0.147. The molecule has 1 unspecified atom stereocenters. The first-order chi connectivity index (χ1) is 18.6. The number of unbranched alkanes of at least 4 members (excludes halogenated alkanes) is 12. The second-order valence-corrected chi connectivity index (χ2v) is 10.3. The summed E-state index contributed by atoms with van der Waals surface area (Å²) in [6.45, 7) is 4.34. The van der Waals surface area contributed by atoms with Crippen molar-refractivity contribution in [1.82, 2.24) is 0 Å². The largest absolute Gasteiger partial charge is 0.481 e. The third-order valence-corrected chi connectivity index (χ3v) is 6.52. The van der Waals surface area contributed by atoms with Gasteiger partial charge in [-0.2, -0.15) is 0 Å². The minimum Gasteiger partial charge on any atom is -0.481 e. The van der Waals surface area contributed by atoms with Gasteiger partial charge in [0.05, 0.1) is 0 Å². The Morgan fingerprint density at radius 2 is 1.18 bits per heavy atom. The number of carboxylic acids is 1. The van der Waals surface area contributed by atoms with Crippen LogP contribution in [0, 0.1) is 0 Å². The number of carboxylic acid groups (broad SMARTS) is 1. The molecule has 4 nitrogen and oxygen atoms in total. The van der Waals surface area contributed by atoms with Gasteiger partial charge >= 0.3 is 11.9 Å². The number of hydrogen-bond acceptors (Lipinski definition) is 3. The molecular formula is C34H58O4. The molecule has 0 aliphatic heterocycles. The van der Waals surface area contributed by atoms with Gasteiger partial charge in [0, 0.05) is 12.8 Å². The molecule has 0 aromatic carbocycles. The number of aliphatic carboxylic acids is 1. The molecule has 0 aliphatic carbocycles. The van der Waals surface area contributed by atoms with E-state index >= 15 is 0 Å². The molecule has 0 aromatic heterocycles. The molecule has 0 saturated heterocycles. The second kappa shape index (κ2) is 29.5.